The van der Waals surface area contributed by atoms with Gasteiger partial charge >= 0.3 is 0 Å². The highest BCUT2D eigenvalue weighted by Crippen LogP contribution is 2.12. The number of anilines is 1. The summed E-state index contributed by atoms with van der Waals surface area (Å²) in [4.78, 5) is 0. The van der Waals surface area contributed by atoms with E-state index >= 15 is 0 Å². The Hall–Kier alpha value is -1.84. The molecule has 21 heavy (non-hydrogen) atoms. The molecule has 0 unspecified atom stereocenters. The smallest absolute Gasteiger partial charge is 0.0718 e. The monoisotopic (exact) mass is 285 g/mol. The minimum Gasteiger partial charge on any atom is -0.385 e. The first kappa shape index (κ1) is 15.5. The van der Waals surface area contributed by atoms with Gasteiger partial charge in [0.25, 0.3) is 0 Å². The molecule has 0 aliphatic heterocycles. The predicted molar refractivity (Wildman–Crippen MR) is 86.6 cm³/mol. The van der Waals surface area contributed by atoms with Crippen molar-refractivity contribution < 1.29 is 9.47 Å². The lowest BCUT2D eigenvalue weighted by Gasteiger charge is -2.09. The summed E-state index contributed by atoms with van der Waals surface area (Å²) in [7, 11) is 1.68. The lowest BCUT2D eigenvalue weighted by atomic mass is 10.1. The van der Waals surface area contributed by atoms with Crippen molar-refractivity contribution in [1.29, 1.82) is 0 Å². The fourth-order valence-electron chi connectivity index (χ4n) is 2.10. The Morgan fingerprint density at radius 1 is 0.905 bits per heavy atom. The van der Waals surface area contributed by atoms with Crippen LogP contribution in [0.2, 0.25) is 0 Å². The van der Waals surface area contributed by atoms with Gasteiger partial charge in [-0.3, -0.25) is 0 Å². The average molecular weight is 285 g/mol. The third-order valence-electron chi connectivity index (χ3n) is 3.21. The maximum atomic E-state index is 5.54. The molecule has 2 rings (SSSR count). The molecule has 0 aliphatic rings. The molecule has 112 valence electrons. The summed E-state index contributed by atoms with van der Waals surface area (Å²) in [6, 6.07) is 18.9. The summed E-state index contributed by atoms with van der Waals surface area (Å²) < 4.78 is 10.5. The van der Waals surface area contributed by atoms with Crippen molar-refractivity contribution in [3.05, 3.63) is 65.7 Å². The van der Waals surface area contributed by atoms with Crippen molar-refractivity contribution in [2.75, 3.05) is 32.2 Å². The number of hydrogen-bond donors (Lipinski definition) is 1. The minimum atomic E-state index is 0.623. The van der Waals surface area contributed by atoms with Gasteiger partial charge in [0.2, 0.25) is 0 Å². The molecule has 2 aromatic carbocycles. The van der Waals surface area contributed by atoms with E-state index in [9.17, 15) is 0 Å². The van der Waals surface area contributed by atoms with Crippen LogP contribution in [0, 0.1) is 0 Å². The van der Waals surface area contributed by atoms with Gasteiger partial charge in [-0.15, -0.1) is 0 Å². The van der Waals surface area contributed by atoms with E-state index in [4.69, 9.17) is 9.47 Å². The predicted octanol–water partition coefficient (Wildman–Crippen LogP) is 3.50. The van der Waals surface area contributed by atoms with Crippen LogP contribution < -0.4 is 5.32 Å². The van der Waals surface area contributed by atoms with Crippen LogP contribution in [-0.4, -0.2) is 26.9 Å². The van der Waals surface area contributed by atoms with E-state index in [0.717, 1.165) is 18.7 Å². The second kappa shape index (κ2) is 9.16. The molecule has 0 aliphatic carbocycles. The van der Waals surface area contributed by atoms with Crippen molar-refractivity contribution in [2.45, 2.75) is 13.0 Å². The normalized spacial score (nSPS) is 10.5. The lowest BCUT2D eigenvalue weighted by Crippen LogP contribution is -2.05. The van der Waals surface area contributed by atoms with Crippen molar-refractivity contribution in [2.24, 2.45) is 0 Å². The highest BCUT2D eigenvalue weighted by Gasteiger charge is 1.97. The number of benzene rings is 2. The molecule has 0 bridgehead atoms. The summed E-state index contributed by atoms with van der Waals surface area (Å²) in [6.07, 6.45) is 1.02. The molecule has 2 aromatic rings. The first-order valence-electron chi connectivity index (χ1n) is 7.32. The fraction of sp³-hybridized carbons (Fsp3) is 0.333. The summed E-state index contributed by atoms with van der Waals surface area (Å²) >= 11 is 0. The van der Waals surface area contributed by atoms with Crippen LogP contribution in [0.5, 0.6) is 0 Å². The third kappa shape index (κ3) is 5.98. The van der Waals surface area contributed by atoms with E-state index in [1.807, 2.05) is 6.07 Å². The number of ether oxygens (including phenoxy) is 2. The van der Waals surface area contributed by atoms with E-state index in [-0.39, 0.29) is 0 Å². The van der Waals surface area contributed by atoms with Gasteiger partial charge in [0.15, 0.2) is 0 Å². The fourth-order valence-corrected chi connectivity index (χ4v) is 2.10. The average Bonchev–Trinajstić information content (AvgIpc) is 2.53. The Kier molecular flexibility index (Phi) is 6.78. The highest BCUT2D eigenvalue weighted by atomic mass is 16.5. The molecular formula is C18H23NO2. The molecule has 0 fully saturated rings. The molecular weight excluding hydrogens is 262 g/mol. The summed E-state index contributed by atoms with van der Waals surface area (Å²) in [5.74, 6) is 0. The Morgan fingerprint density at radius 2 is 1.71 bits per heavy atom. The van der Waals surface area contributed by atoms with E-state index < -0.39 is 0 Å². The summed E-state index contributed by atoms with van der Waals surface area (Å²) in [6.45, 7) is 2.81. The van der Waals surface area contributed by atoms with E-state index in [0.29, 0.717) is 19.8 Å². The number of methoxy groups -OCH3 is 1. The second-order valence-electron chi connectivity index (χ2n) is 4.91. The zero-order valence-corrected chi connectivity index (χ0v) is 12.5. The molecule has 3 nitrogen and oxygen atoms in total. The second-order valence-corrected chi connectivity index (χ2v) is 4.91. The zero-order valence-electron chi connectivity index (χ0n) is 12.5. The standard InChI is InChI=1S/C18H23NO2/c1-20-12-13-21-15-17-8-5-9-18(14-17)19-11-10-16-6-3-2-4-7-16/h2-9,14,19H,10-13,15H2,1H3. The third-order valence-corrected chi connectivity index (χ3v) is 3.21. The summed E-state index contributed by atoms with van der Waals surface area (Å²) in [5.41, 5.74) is 3.67. The van der Waals surface area contributed by atoms with Crippen molar-refractivity contribution in [3.8, 4) is 0 Å². The molecule has 0 atom stereocenters. The van der Waals surface area contributed by atoms with Crippen LogP contribution in [-0.2, 0) is 22.5 Å². The maximum Gasteiger partial charge on any atom is 0.0718 e. The van der Waals surface area contributed by atoms with E-state index in [2.05, 4.69) is 53.8 Å². The van der Waals surface area contributed by atoms with Crippen LogP contribution in [0.25, 0.3) is 0 Å². The van der Waals surface area contributed by atoms with Gasteiger partial charge in [0, 0.05) is 19.3 Å². The highest BCUT2D eigenvalue weighted by molar-refractivity contribution is 5.45. The molecule has 0 heterocycles. The molecule has 0 spiro atoms. The summed E-state index contributed by atoms with van der Waals surface area (Å²) in [5, 5.41) is 3.45. The van der Waals surface area contributed by atoms with Gasteiger partial charge in [-0.1, -0.05) is 42.5 Å². The zero-order chi connectivity index (χ0) is 14.8. The molecule has 0 aromatic heterocycles. The van der Waals surface area contributed by atoms with Gasteiger partial charge in [-0.05, 0) is 29.7 Å². The van der Waals surface area contributed by atoms with Gasteiger partial charge in [-0.2, -0.15) is 0 Å². The number of rotatable bonds is 9. The topological polar surface area (TPSA) is 30.5 Å². The Labute approximate surface area is 126 Å². The maximum absolute atomic E-state index is 5.54. The molecule has 0 saturated heterocycles. The van der Waals surface area contributed by atoms with Crippen LogP contribution in [0.1, 0.15) is 11.1 Å². The van der Waals surface area contributed by atoms with Crippen LogP contribution in [0.3, 0.4) is 0 Å². The molecule has 0 radical (unpaired) electrons. The lowest BCUT2D eigenvalue weighted by molar-refractivity contribution is 0.0617. The minimum absolute atomic E-state index is 0.623. The first-order valence-corrected chi connectivity index (χ1v) is 7.32. The molecule has 0 amide bonds. The largest absolute Gasteiger partial charge is 0.385 e. The first-order chi connectivity index (χ1) is 10.4. The molecule has 3 heteroatoms. The van der Waals surface area contributed by atoms with Crippen molar-refractivity contribution in [1.82, 2.24) is 0 Å². The van der Waals surface area contributed by atoms with Gasteiger partial charge in [0.1, 0.15) is 0 Å². The van der Waals surface area contributed by atoms with Crippen molar-refractivity contribution in [3.63, 3.8) is 0 Å². The SMILES string of the molecule is COCCOCc1cccc(NCCc2ccccc2)c1. The van der Waals surface area contributed by atoms with E-state index in [1.165, 1.54) is 11.1 Å². The van der Waals surface area contributed by atoms with Crippen LogP contribution in [0.15, 0.2) is 54.6 Å². The van der Waals surface area contributed by atoms with Crippen LogP contribution in [0.4, 0.5) is 5.69 Å². The van der Waals surface area contributed by atoms with Gasteiger partial charge in [0.05, 0.1) is 19.8 Å². The quantitative estimate of drug-likeness (QED) is 0.715. The van der Waals surface area contributed by atoms with Gasteiger partial charge < -0.3 is 14.8 Å². The number of hydrogen-bond acceptors (Lipinski definition) is 3. The van der Waals surface area contributed by atoms with E-state index in [1.54, 1.807) is 7.11 Å². The molecule has 0 saturated carbocycles. The van der Waals surface area contributed by atoms with Crippen molar-refractivity contribution >= 4 is 5.69 Å². The Bertz CT molecular complexity index is 514. The number of nitrogens with one attached hydrogen (secondary N) is 1. The molecule has 1 N–H and O–H groups in total. The Balaban J connectivity index is 1.75. The van der Waals surface area contributed by atoms with Crippen LogP contribution >= 0.6 is 0 Å². The van der Waals surface area contributed by atoms with Gasteiger partial charge in [-0.25, -0.2) is 0 Å². The Morgan fingerprint density at radius 3 is 2.52 bits per heavy atom.